The molecule has 0 aliphatic carbocycles. The molecule has 0 N–H and O–H groups in total. The van der Waals surface area contributed by atoms with Crippen LogP contribution in [0.4, 0.5) is 0 Å². The maximum atomic E-state index is 6.25. The number of benzene rings is 3. The van der Waals surface area contributed by atoms with Crippen LogP contribution in [0.3, 0.4) is 0 Å². The minimum atomic E-state index is 0.843. The highest BCUT2D eigenvalue weighted by Gasteiger charge is 2.21. The van der Waals surface area contributed by atoms with Gasteiger partial charge in [-0.3, -0.25) is 0 Å². The summed E-state index contributed by atoms with van der Waals surface area (Å²) in [5.41, 5.74) is 5.51. The zero-order valence-electron chi connectivity index (χ0n) is 14.5. The van der Waals surface area contributed by atoms with Gasteiger partial charge in [-0.15, -0.1) is 12.6 Å². The van der Waals surface area contributed by atoms with E-state index < -0.39 is 0 Å². The number of thiol groups is 1. The molecule has 0 fully saturated rings. The lowest BCUT2D eigenvalue weighted by atomic mass is 10.0. The molecule has 1 aromatic heterocycles. The second-order valence-corrected chi connectivity index (χ2v) is 6.81. The van der Waals surface area contributed by atoms with Crippen molar-refractivity contribution in [3.8, 4) is 33.8 Å². The summed E-state index contributed by atoms with van der Waals surface area (Å²) in [7, 11) is 0. The van der Waals surface area contributed by atoms with Crippen molar-refractivity contribution < 1.29 is 4.42 Å². The molecule has 0 radical (unpaired) electrons. The largest absolute Gasteiger partial charge is 0.361 e. The summed E-state index contributed by atoms with van der Waals surface area (Å²) < 4.78 is 6.25. The van der Waals surface area contributed by atoms with Gasteiger partial charge >= 0.3 is 11.5 Å². The summed E-state index contributed by atoms with van der Waals surface area (Å²) in [5.74, 6) is 1.69. The zero-order chi connectivity index (χ0) is 17.9. The van der Waals surface area contributed by atoms with Gasteiger partial charge in [-0.25, -0.2) is 4.42 Å². The number of aryl methyl sites for hydroxylation is 1. The van der Waals surface area contributed by atoms with E-state index in [2.05, 4.69) is 61.5 Å². The highest BCUT2D eigenvalue weighted by atomic mass is 32.1. The van der Waals surface area contributed by atoms with Crippen LogP contribution in [0.5, 0.6) is 0 Å². The Hall–Kier alpha value is -2.84. The minimum Gasteiger partial charge on any atom is -0.207 e. The average Bonchev–Trinajstić information content (AvgIpc) is 2.69. The Morgan fingerprint density at radius 1 is 0.615 bits per heavy atom. The van der Waals surface area contributed by atoms with Crippen molar-refractivity contribution in [3.05, 3.63) is 96.6 Å². The fraction of sp³-hybridized carbons (Fsp3) is 0.0417. The standard InChI is InChI=1S/C24H18OS/c1-17-12-13-21(24(26)14-17)20-15-22(18-8-4-2-5-9-18)25-23(16-20)19-10-6-3-7-11-19/h2-16H,1H3/p+1. The highest BCUT2D eigenvalue weighted by Crippen LogP contribution is 2.35. The summed E-state index contributed by atoms with van der Waals surface area (Å²) in [4.78, 5) is 0.967. The van der Waals surface area contributed by atoms with Crippen LogP contribution >= 0.6 is 12.6 Å². The summed E-state index contributed by atoms with van der Waals surface area (Å²) >= 11 is 4.69. The Labute approximate surface area is 159 Å². The van der Waals surface area contributed by atoms with Crippen molar-refractivity contribution in [2.24, 2.45) is 0 Å². The molecule has 0 amide bonds. The van der Waals surface area contributed by atoms with E-state index in [9.17, 15) is 0 Å². The Bertz CT molecular complexity index is 983. The van der Waals surface area contributed by atoms with Crippen molar-refractivity contribution >= 4 is 12.6 Å². The van der Waals surface area contributed by atoms with Crippen molar-refractivity contribution in [2.45, 2.75) is 11.8 Å². The zero-order valence-corrected chi connectivity index (χ0v) is 15.4. The van der Waals surface area contributed by atoms with Crippen molar-refractivity contribution in [3.63, 3.8) is 0 Å². The third-order valence-corrected chi connectivity index (χ3v) is 4.74. The molecule has 0 saturated heterocycles. The van der Waals surface area contributed by atoms with Gasteiger partial charge in [0.15, 0.2) is 0 Å². The monoisotopic (exact) mass is 355 g/mol. The molecule has 0 bridgehead atoms. The van der Waals surface area contributed by atoms with Gasteiger partial charge in [0, 0.05) is 10.5 Å². The van der Waals surface area contributed by atoms with E-state index >= 15 is 0 Å². The van der Waals surface area contributed by atoms with E-state index in [0.29, 0.717) is 0 Å². The second kappa shape index (κ2) is 7.19. The third kappa shape index (κ3) is 3.42. The Morgan fingerprint density at radius 2 is 1.15 bits per heavy atom. The van der Waals surface area contributed by atoms with E-state index in [-0.39, 0.29) is 0 Å². The first-order chi connectivity index (χ1) is 12.7. The lowest BCUT2D eigenvalue weighted by molar-refractivity contribution is 0.582. The molecule has 0 spiro atoms. The molecule has 0 unspecified atom stereocenters. The van der Waals surface area contributed by atoms with E-state index in [0.717, 1.165) is 38.7 Å². The molecule has 3 aromatic carbocycles. The quantitative estimate of drug-likeness (QED) is 0.303. The van der Waals surface area contributed by atoms with Crippen LogP contribution in [0.15, 0.2) is 100 Å². The second-order valence-electron chi connectivity index (χ2n) is 6.33. The van der Waals surface area contributed by atoms with Crippen LogP contribution in [0.25, 0.3) is 33.8 Å². The molecule has 26 heavy (non-hydrogen) atoms. The Balaban J connectivity index is 1.94. The van der Waals surface area contributed by atoms with Crippen LogP contribution in [0, 0.1) is 6.92 Å². The van der Waals surface area contributed by atoms with Crippen LogP contribution < -0.4 is 0 Å². The summed E-state index contributed by atoms with van der Waals surface area (Å²) in [5, 5.41) is 0. The molecule has 4 rings (SSSR count). The number of rotatable bonds is 3. The van der Waals surface area contributed by atoms with E-state index in [1.807, 2.05) is 36.4 Å². The minimum absolute atomic E-state index is 0.843. The van der Waals surface area contributed by atoms with Gasteiger partial charge in [0.05, 0.1) is 23.3 Å². The number of hydrogen-bond acceptors (Lipinski definition) is 1. The predicted molar refractivity (Wildman–Crippen MR) is 111 cm³/mol. The number of hydrogen-bond donors (Lipinski definition) is 1. The maximum Gasteiger partial charge on any atom is 0.361 e. The van der Waals surface area contributed by atoms with Gasteiger partial charge in [-0.2, -0.15) is 0 Å². The molecule has 126 valence electrons. The fourth-order valence-electron chi connectivity index (χ4n) is 3.03. The molecule has 0 atom stereocenters. The third-order valence-electron chi connectivity index (χ3n) is 4.37. The molecule has 2 heteroatoms. The normalized spacial score (nSPS) is 10.7. The Morgan fingerprint density at radius 3 is 1.65 bits per heavy atom. The van der Waals surface area contributed by atoms with Gasteiger partial charge < -0.3 is 0 Å². The van der Waals surface area contributed by atoms with Gasteiger partial charge in [-0.05, 0) is 48.4 Å². The fourth-order valence-corrected chi connectivity index (χ4v) is 3.44. The smallest absolute Gasteiger partial charge is 0.207 e. The lowest BCUT2D eigenvalue weighted by Gasteiger charge is -2.06. The highest BCUT2D eigenvalue weighted by molar-refractivity contribution is 7.80. The van der Waals surface area contributed by atoms with Gasteiger partial charge in [0.2, 0.25) is 0 Å². The van der Waals surface area contributed by atoms with Crippen LogP contribution in [-0.2, 0) is 0 Å². The molecule has 1 heterocycles. The summed E-state index contributed by atoms with van der Waals surface area (Å²) in [6, 6.07) is 30.9. The van der Waals surface area contributed by atoms with Gasteiger partial charge in [0.1, 0.15) is 0 Å². The molecular formula is C24H19OS+. The first-order valence-corrected chi connectivity index (χ1v) is 9.04. The summed E-state index contributed by atoms with van der Waals surface area (Å²) in [6.45, 7) is 2.08. The summed E-state index contributed by atoms with van der Waals surface area (Å²) in [6.07, 6.45) is 0. The molecular weight excluding hydrogens is 336 g/mol. The molecule has 1 nitrogen and oxygen atoms in total. The average molecular weight is 355 g/mol. The van der Waals surface area contributed by atoms with E-state index in [1.165, 1.54) is 5.56 Å². The SMILES string of the molecule is Cc1ccc(-c2cc(-c3ccccc3)[o+]c(-c3ccccc3)c2)c(S)c1. The van der Waals surface area contributed by atoms with Crippen LogP contribution in [0.2, 0.25) is 0 Å². The van der Waals surface area contributed by atoms with Crippen molar-refractivity contribution in [1.29, 1.82) is 0 Å². The van der Waals surface area contributed by atoms with Crippen molar-refractivity contribution in [1.82, 2.24) is 0 Å². The lowest BCUT2D eigenvalue weighted by Crippen LogP contribution is -1.87. The molecule has 0 aliphatic heterocycles. The molecule has 0 aliphatic rings. The van der Waals surface area contributed by atoms with Crippen molar-refractivity contribution in [2.75, 3.05) is 0 Å². The van der Waals surface area contributed by atoms with E-state index in [4.69, 9.17) is 17.0 Å². The maximum absolute atomic E-state index is 6.25. The van der Waals surface area contributed by atoms with Gasteiger partial charge in [-0.1, -0.05) is 48.5 Å². The van der Waals surface area contributed by atoms with Crippen LogP contribution in [-0.4, -0.2) is 0 Å². The molecule has 0 saturated carbocycles. The van der Waals surface area contributed by atoms with Gasteiger partial charge in [0.25, 0.3) is 0 Å². The van der Waals surface area contributed by atoms with E-state index in [1.54, 1.807) is 0 Å². The van der Waals surface area contributed by atoms with Crippen LogP contribution in [0.1, 0.15) is 5.56 Å². The Kier molecular flexibility index (Phi) is 4.59. The first-order valence-electron chi connectivity index (χ1n) is 8.60. The molecule has 4 aromatic rings. The predicted octanol–water partition coefficient (Wildman–Crippen LogP) is 7.16. The topological polar surface area (TPSA) is 11.3 Å². The first kappa shape index (κ1) is 16.6.